The molecule has 0 radical (unpaired) electrons. The zero-order chi connectivity index (χ0) is 32.7. The summed E-state index contributed by atoms with van der Waals surface area (Å²) < 4.78 is 23.4. The van der Waals surface area contributed by atoms with Crippen molar-refractivity contribution >= 4 is 47.9 Å². The van der Waals surface area contributed by atoms with Crippen LogP contribution in [0, 0.1) is 5.41 Å². The lowest BCUT2D eigenvalue weighted by Crippen LogP contribution is -2.47. The monoisotopic (exact) mass is 660 g/mol. The molecule has 246 valence electrons. The number of halogens is 2. The quantitative estimate of drug-likeness (QED) is 0.0923. The molecule has 0 aliphatic carbocycles. The van der Waals surface area contributed by atoms with Gasteiger partial charge >= 0.3 is 19.1 Å². The fraction of sp³-hybridized carbons (Fsp3) is 0.588. The zero-order valence-electron chi connectivity index (χ0n) is 27.3. The van der Waals surface area contributed by atoms with Gasteiger partial charge in [-0.3, -0.25) is 14.5 Å². The summed E-state index contributed by atoms with van der Waals surface area (Å²) in [7, 11) is 1.02. The summed E-state index contributed by atoms with van der Waals surface area (Å²) in [6, 6.07) is 15.2. The van der Waals surface area contributed by atoms with Gasteiger partial charge in [0.05, 0.1) is 28.4 Å². The predicted molar refractivity (Wildman–Crippen MR) is 180 cm³/mol. The first-order valence-corrected chi connectivity index (χ1v) is 16.7. The first-order chi connectivity index (χ1) is 21.4. The number of unbranched alkanes of at least 4 members (excludes halogenated alkanes) is 1. The molecule has 11 heteroatoms. The van der Waals surface area contributed by atoms with Crippen LogP contribution >= 0.6 is 23.2 Å². The van der Waals surface area contributed by atoms with Crippen LogP contribution in [0.3, 0.4) is 0 Å². The summed E-state index contributed by atoms with van der Waals surface area (Å²) in [5, 5.41) is 1.09. The molecule has 2 aromatic rings. The van der Waals surface area contributed by atoms with E-state index >= 15 is 0 Å². The maximum atomic E-state index is 13.8. The second-order valence-corrected chi connectivity index (χ2v) is 13.9. The van der Waals surface area contributed by atoms with Crippen LogP contribution in [0.2, 0.25) is 16.4 Å². The van der Waals surface area contributed by atoms with E-state index in [9.17, 15) is 9.59 Å². The number of carbonyl (C=O) groups is 2. The Bertz CT molecular complexity index is 1270. The number of esters is 2. The van der Waals surface area contributed by atoms with Crippen LogP contribution < -0.4 is 4.90 Å². The van der Waals surface area contributed by atoms with E-state index in [2.05, 4.69) is 9.80 Å². The Hall–Kier alpha value is -2.30. The van der Waals surface area contributed by atoms with E-state index in [1.807, 2.05) is 76.2 Å². The molecule has 2 heterocycles. The van der Waals surface area contributed by atoms with E-state index in [1.165, 1.54) is 7.11 Å². The lowest BCUT2D eigenvalue weighted by Gasteiger charge is -2.37. The van der Waals surface area contributed by atoms with E-state index in [0.29, 0.717) is 42.0 Å². The fourth-order valence-corrected chi connectivity index (χ4v) is 6.30. The fourth-order valence-electron chi connectivity index (χ4n) is 6.01. The average molecular weight is 661 g/mol. The first-order valence-electron chi connectivity index (χ1n) is 15.9. The van der Waals surface area contributed by atoms with E-state index in [1.54, 1.807) is 0 Å². The van der Waals surface area contributed by atoms with Gasteiger partial charge in [0.1, 0.15) is 6.61 Å². The molecule has 45 heavy (non-hydrogen) atoms. The Morgan fingerprint density at radius 3 is 2.13 bits per heavy atom. The van der Waals surface area contributed by atoms with Crippen LogP contribution in [0.1, 0.15) is 65.4 Å². The smallest absolute Gasteiger partial charge is 0.457 e. The third-order valence-corrected chi connectivity index (χ3v) is 10.2. The van der Waals surface area contributed by atoms with Crippen molar-refractivity contribution in [1.82, 2.24) is 4.90 Å². The highest BCUT2D eigenvalue weighted by Crippen LogP contribution is 2.39. The number of hydrogen-bond donors (Lipinski definition) is 0. The van der Waals surface area contributed by atoms with Crippen molar-refractivity contribution in [3.8, 4) is 0 Å². The average Bonchev–Trinajstić information content (AvgIpc) is 3.24. The molecule has 2 aliphatic rings. The molecule has 1 atom stereocenters. The first kappa shape index (κ1) is 35.6. The number of methoxy groups -OCH3 is 1. The molecule has 2 fully saturated rings. The number of hydrogen-bond acceptors (Lipinski definition) is 8. The lowest BCUT2D eigenvalue weighted by molar-refractivity contribution is -0.173. The van der Waals surface area contributed by atoms with Crippen molar-refractivity contribution in [1.29, 1.82) is 0 Å². The summed E-state index contributed by atoms with van der Waals surface area (Å²) in [5.74, 6) is -1.07. The van der Waals surface area contributed by atoms with E-state index < -0.39 is 28.6 Å². The minimum atomic E-state index is -1.39. The van der Waals surface area contributed by atoms with Crippen LogP contribution in [-0.2, 0) is 35.0 Å². The van der Waals surface area contributed by atoms with Crippen molar-refractivity contribution in [2.24, 2.45) is 5.41 Å². The summed E-state index contributed by atoms with van der Waals surface area (Å²) in [4.78, 5) is 31.9. The normalized spacial score (nSPS) is 19.3. The molecule has 0 N–H and O–H groups in total. The number of nitrogens with zero attached hydrogens (tertiary/aromatic N) is 2. The Morgan fingerprint density at radius 1 is 0.867 bits per heavy atom. The SMILES string of the molecule is COC(=O)C(CCCCB1OC(C)(C)C(C)(C)O1)(CCCN1CCN(c2ccc(Cl)c(Cl)c2)CC1)C(=O)OCc1ccccc1. The van der Waals surface area contributed by atoms with Crippen LogP contribution in [-0.4, -0.2) is 75.0 Å². The largest absolute Gasteiger partial charge is 0.468 e. The van der Waals surface area contributed by atoms with E-state index in [0.717, 1.165) is 50.4 Å². The topological polar surface area (TPSA) is 77.5 Å². The third-order valence-electron chi connectivity index (χ3n) is 9.49. The highest BCUT2D eigenvalue weighted by molar-refractivity contribution is 6.45. The maximum absolute atomic E-state index is 13.8. The number of piperazine rings is 1. The highest BCUT2D eigenvalue weighted by atomic mass is 35.5. The number of carbonyl (C=O) groups excluding carboxylic acids is 2. The minimum absolute atomic E-state index is 0.100. The Morgan fingerprint density at radius 2 is 1.51 bits per heavy atom. The predicted octanol–water partition coefficient (Wildman–Crippen LogP) is 7.06. The van der Waals surface area contributed by atoms with Gasteiger partial charge in [-0.05, 0) is 83.6 Å². The summed E-state index contributed by atoms with van der Waals surface area (Å²) >= 11 is 12.3. The minimum Gasteiger partial charge on any atom is -0.468 e. The summed E-state index contributed by atoms with van der Waals surface area (Å²) in [6.07, 6.45) is 3.36. The molecule has 2 saturated heterocycles. The summed E-state index contributed by atoms with van der Waals surface area (Å²) in [5.41, 5.74) is -0.272. The molecule has 0 bridgehead atoms. The van der Waals surface area contributed by atoms with Crippen LogP contribution in [0.25, 0.3) is 0 Å². The van der Waals surface area contributed by atoms with Crippen LogP contribution in [0.15, 0.2) is 48.5 Å². The number of rotatable bonds is 14. The van der Waals surface area contributed by atoms with Gasteiger partial charge in [0.2, 0.25) is 0 Å². The van der Waals surface area contributed by atoms with Gasteiger partial charge in [0, 0.05) is 31.9 Å². The Kier molecular flexibility index (Phi) is 12.3. The third kappa shape index (κ3) is 8.95. The molecule has 2 aliphatic heterocycles. The van der Waals surface area contributed by atoms with Crippen molar-refractivity contribution in [3.05, 3.63) is 64.1 Å². The number of benzene rings is 2. The molecule has 1 unspecified atom stereocenters. The van der Waals surface area contributed by atoms with Gasteiger partial charge in [0.15, 0.2) is 5.41 Å². The molecule has 0 aromatic heterocycles. The molecule has 0 amide bonds. The van der Waals surface area contributed by atoms with Crippen molar-refractivity contribution in [3.63, 3.8) is 0 Å². The van der Waals surface area contributed by atoms with Gasteiger partial charge in [-0.25, -0.2) is 0 Å². The molecule has 2 aromatic carbocycles. The van der Waals surface area contributed by atoms with Gasteiger partial charge < -0.3 is 23.7 Å². The Balaban J connectivity index is 1.37. The zero-order valence-corrected chi connectivity index (χ0v) is 28.8. The van der Waals surface area contributed by atoms with E-state index in [4.69, 9.17) is 42.0 Å². The second kappa shape index (κ2) is 15.5. The molecule has 0 saturated carbocycles. The van der Waals surface area contributed by atoms with Crippen molar-refractivity contribution < 1.29 is 28.4 Å². The van der Waals surface area contributed by atoms with Gasteiger partial charge in [-0.2, -0.15) is 0 Å². The lowest BCUT2D eigenvalue weighted by atomic mass is 9.76. The number of anilines is 1. The van der Waals surface area contributed by atoms with Gasteiger partial charge in [-0.15, -0.1) is 0 Å². The van der Waals surface area contributed by atoms with Gasteiger partial charge in [-0.1, -0.05) is 66.4 Å². The van der Waals surface area contributed by atoms with E-state index in [-0.39, 0.29) is 13.7 Å². The molecular formula is C34H47BCl2N2O6. The molecule has 0 spiro atoms. The second-order valence-electron chi connectivity index (χ2n) is 13.1. The Labute approximate surface area is 278 Å². The molecular weight excluding hydrogens is 614 g/mol. The summed E-state index contributed by atoms with van der Waals surface area (Å²) in [6.45, 7) is 12.4. The van der Waals surface area contributed by atoms with Gasteiger partial charge in [0.25, 0.3) is 0 Å². The van der Waals surface area contributed by atoms with Crippen LogP contribution in [0.5, 0.6) is 0 Å². The standard InChI is InChI=1S/C34H47BCl2N2O6/c1-32(2)33(3,4)45-35(44-32)18-10-9-16-34(30(40)42-5,31(41)43-25-26-12-7-6-8-13-26)17-11-19-38-20-22-39(23-21-38)27-14-15-28(36)29(37)24-27/h6-8,12-15,24H,9-11,16-23,25H2,1-5H3. The number of ether oxygens (including phenoxy) is 2. The maximum Gasteiger partial charge on any atom is 0.457 e. The van der Waals surface area contributed by atoms with Crippen molar-refractivity contribution in [2.45, 2.75) is 83.9 Å². The molecule has 8 nitrogen and oxygen atoms in total. The molecule has 4 rings (SSSR count). The van der Waals surface area contributed by atoms with Crippen molar-refractivity contribution in [2.75, 3.05) is 44.7 Å². The van der Waals surface area contributed by atoms with Crippen LogP contribution in [0.4, 0.5) is 5.69 Å². The highest BCUT2D eigenvalue weighted by Gasteiger charge is 2.51.